The number of nitrogens with zero attached hydrogens (tertiary/aromatic N) is 8. The lowest BCUT2D eigenvalue weighted by atomic mass is 10.2. The predicted octanol–water partition coefficient (Wildman–Crippen LogP) is 3.63. The van der Waals surface area contributed by atoms with Crippen LogP contribution in [0.25, 0.3) is 16.7 Å². The summed E-state index contributed by atoms with van der Waals surface area (Å²) in [6, 6.07) is 9.34. The number of hydrogen-bond donors (Lipinski definition) is 1. The van der Waals surface area contributed by atoms with Crippen molar-refractivity contribution >= 4 is 45.7 Å². The van der Waals surface area contributed by atoms with Crippen LogP contribution in [0.4, 0.5) is 17.5 Å². The first-order valence-corrected chi connectivity index (χ1v) is 11.5. The Balaban J connectivity index is 1.15. The first-order chi connectivity index (χ1) is 17.2. The highest BCUT2D eigenvalue weighted by atomic mass is 35.5. The molecule has 174 valence electrons. The van der Waals surface area contributed by atoms with Crippen LogP contribution in [0.15, 0.2) is 55.4 Å². The Bertz CT molecular complexity index is 1580. The smallest absolute Gasteiger partial charge is 0.226 e. The van der Waals surface area contributed by atoms with E-state index < -0.39 is 0 Å². The van der Waals surface area contributed by atoms with E-state index in [1.807, 2.05) is 6.07 Å². The monoisotopic (exact) mass is 487 g/mol. The summed E-state index contributed by atoms with van der Waals surface area (Å²) in [5.74, 6) is 2.36. The van der Waals surface area contributed by atoms with Crippen molar-refractivity contribution in [3.8, 4) is 11.5 Å². The molecule has 11 nitrogen and oxygen atoms in total. The van der Waals surface area contributed by atoms with Crippen molar-refractivity contribution in [1.82, 2.24) is 34.5 Å². The van der Waals surface area contributed by atoms with Crippen molar-refractivity contribution in [3.63, 3.8) is 0 Å². The van der Waals surface area contributed by atoms with E-state index >= 15 is 0 Å². The van der Waals surface area contributed by atoms with Crippen molar-refractivity contribution in [3.05, 3.63) is 60.4 Å². The SMILES string of the molecule is Clc1cc(Nc2ncnc3cnc(N4C[C@@H]5C[C@H]4CO5)nc23)ccc1Oc1ccn2ncnc2c1. The molecule has 12 heteroatoms. The van der Waals surface area contributed by atoms with E-state index in [1.165, 1.54) is 12.7 Å². The second-order valence-electron chi connectivity index (χ2n) is 8.42. The largest absolute Gasteiger partial charge is 0.456 e. The summed E-state index contributed by atoms with van der Waals surface area (Å²) in [6.07, 6.45) is 7.74. The number of aromatic nitrogens is 7. The summed E-state index contributed by atoms with van der Waals surface area (Å²) in [5.41, 5.74) is 2.72. The summed E-state index contributed by atoms with van der Waals surface area (Å²) in [7, 11) is 0. The average Bonchev–Trinajstić information content (AvgIpc) is 3.63. The molecule has 0 aliphatic carbocycles. The van der Waals surface area contributed by atoms with Crippen molar-refractivity contribution in [1.29, 1.82) is 0 Å². The number of ether oxygens (including phenoxy) is 2. The quantitative estimate of drug-likeness (QED) is 0.394. The van der Waals surface area contributed by atoms with Crippen LogP contribution in [0.3, 0.4) is 0 Å². The fourth-order valence-corrected chi connectivity index (χ4v) is 4.72. The number of hydrogen-bond acceptors (Lipinski definition) is 10. The molecule has 7 rings (SSSR count). The molecular weight excluding hydrogens is 470 g/mol. The summed E-state index contributed by atoms with van der Waals surface area (Å²) in [6.45, 7) is 1.51. The van der Waals surface area contributed by atoms with Crippen LogP contribution >= 0.6 is 11.6 Å². The summed E-state index contributed by atoms with van der Waals surface area (Å²) < 4.78 is 13.3. The Morgan fingerprint density at radius 1 is 1.09 bits per heavy atom. The molecule has 0 saturated carbocycles. The van der Waals surface area contributed by atoms with E-state index in [4.69, 9.17) is 26.1 Å². The van der Waals surface area contributed by atoms with Gasteiger partial charge >= 0.3 is 0 Å². The fourth-order valence-electron chi connectivity index (χ4n) is 4.50. The van der Waals surface area contributed by atoms with Crippen molar-refractivity contribution in [2.75, 3.05) is 23.4 Å². The molecule has 0 spiro atoms. The Hall–Kier alpha value is -4.09. The number of halogens is 1. The Labute approximate surface area is 203 Å². The molecule has 1 N–H and O–H groups in total. The third-order valence-electron chi connectivity index (χ3n) is 6.20. The molecule has 2 fully saturated rings. The Morgan fingerprint density at radius 2 is 2.06 bits per heavy atom. The molecule has 2 atom stereocenters. The summed E-state index contributed by atoms with van der Waals surface area (Å²) in [4.78, 5) is 24.4. The number of morpholine rings is 1. The van der Waals surface area contributed by atoms with Crippen molar-refractivity contribution in [2.24, 2.45) is 0 Å². The van der Waals surface area contributed by atoms with Crippen molar-refractivity contribution < 1.29 is 9.47 Å². The predicted molar refractivity (Wildman–Crippen MR) is 128 cm³/mol. The highest BCUT2D eigenvalue weighted by molar-refractivity contribution is 6.32. The summed E-state index contributed by atoms with van der Waals surface area (Å²) >= 11 is 6.53. The zero-order valence-corrected chi connectivity index (χ0v) is 19.0. The second kappa shape index (κ2) is 8.00. The summed E-state index contributed by atoms with van der Waals surface area (Å²) in [5, 5.41) is 7.83. The van der Waals surface area contributed by atoms with Gasteiger partial charge in [-0.25, -0.2) is 29.4 Å². The number of benzene rings is 1. The molecular formula is C23H18ClN9O2. The maximum Gasteiger partial charge on any atom is 0.226 e. The van der Waals surface area contributed by atoms with E-state index in [9.17, 15) is 0 Å². The standard InChI is InChI=1S/C23H18ClN9O2/c24-17-5-13(1-2-19(17)35-15-3-4-33-20(7-15)27-12-29-33)30-22-21-18(26-11-28-22)8-25-23(31-21)32-9-16-6-14(32)10-34-16/h1-5,7-8,11-12,14,16H,6,9-10H2,(H,26,28,30)/t14-,16-/m0/s1. The van der Waals surface area contributed by atoms with E-state index in [0.29, 0.717) is 57.6 Å². The van der Waals surface area contributed by atoms with E-state index in [-0.39, 0.29) is 6.10 Å². The number of pyridine rings is 1. The first-order valence-electron chi connectivity index (χ1n) is 11.1. The van der Waals surface area contributed by atoms with Crippen molar-refractivity contribution in [2.45, 2.75) is 18.6 Å². The van der Waals surface area contributed by atoms with E-state index in [2.05, 4.69) is 35.3 Å². The van der Waals surface area contributed by atoms with Crippen LogP contribution in [0.1, 0.15) is 6.42 Å². The molecule has 6 heterocycles. The maximum absolute atomic E-state index is 6.53. The minimum absolute atomic E-state index is 0.255. The van der Waals surface area contributed by atoms with Gasteiger partial charge in [0.1, 0.15) is 35.2 Å². The van der Waals surface area contributed by atoms with Crippen LogP contribution in [0.5, 0.6) is 11.5 Å². The zero-order chi connectivity index (χ0) is 23.4. The van der Waals surface area contributed by atoms with Gasteiger partial charge in [0, 0.05) is 24.5 Å². The van der Waals surface area contributed by atoms with Gasteiger partial charge in [-0.2, -0.15) is 5.10 Å². The fraction of sp³-hybridized carbons (Fsp3) is 0.217. The van der Waals surface area contributed by atoms with Gasteiger partial charge in [0.05, 0.1) is 30.0 Å². The Morgan fingerprint density at radius 3 is 2.91 bits per heavy atom. The molecule has 1 aromatic carbocycles. The normalized spacial score (nSPS) is 19.1. The van der Waals surface area contributed by atoms with Crippen LogP contribution in [-0.2, 0) is 4.74 Å². The molecule has 35 heavy (non-hydrogen) atoms. The minimum atomic E-state index is 0.255. The molecule has 2 aliphatic rings. The van der Waals surface area contributed by atoms with Gasteiger partial charge in [0.15, 0.2) is 11.5 Å². The van der Waals surface area contributed by atoms with Crippen LogP contribution in [0, 0.1) is 0 Å². The number of rotatable bonds is 5. The first kappa shape index (κ1) is 20.3. The minimum Gasteiger partial charge on any atom is -0.456 e. The van der Waals surface area contributed by atoms with Gasteiger partial charge in [-0.3, -0.25) is 0 Å². The number of nitrogens with one attached hydrogen (secondary N) is 1. The highest BCUT2D eigenvalue weighted by Gasteiger charge is 2.40. The molecule has 5 aromatic rings. The lowest BCUT2D eigenvalue weighted by Gasteiger charge is -2.26. The van der Waals surface area contributed by atoms with E-state index in [1.54, 1.807) is 41.2 Å². The number of anilines is 3. The molecule has 0 unspecified atom stereocenters. The van der Waals surface area contributed by atoms with Gasteiger partial charge in [0.25, 0.3) is 0 Å². The maximum atomic E-state index is 6.53. The molecule has 2 saturated heterocycles. The Kier molecular flexibility index (Phi) is 4.64. The lowest BCUT2D eigenvalue weighted by molar-refractivity contribution is 0.0986. The average molecular weight is 488 g/mol. The molecule has 0 amide bonds. The third kappa shape index (κ3) is 3.65. The molecule has 0 radical (unpaired) electrons. The van der Waals surface area contributed by atoms with Gasteiger partial charge in [-0.05, 0) is 30.7 Å². The van der Waals surface area contributed by atoms with Crippen LogP contribution < -0.4 is 15.0 Å². The second-order valence-corrected chi connectivity index (χ2v) is 8.83. The third-order valence-corrected chi connectivity index (χ3v) is 6.49. The topological polar surface area (TPSA) is 115 Å². The van der Waals surface area contributed by atoms with Crippen LogP contribution in [-0.4, -0.2) is 59.8 Å². The van der Waals surface area contributed by atoms with Gasteiger partial charge < -0.3 is 19.7 Å². The van der Waals surface area contributed by atoms with Crippen LogP contribution in [0.2, 0.25) is 5.02 Å². The number of fused-ring (bicyclic) bond motifs is 4. The van der Waals surface area contributed by atoms with Gasteiger partial charge in [-0.1, -0.05) is 11.6 Å². The molecule has 4 aromatic heterocycles. The van der Waals surface area contributed by atoms with Gasteiger partial charge in [0.2, 0.25) is 5.95 Å². The molecule has 2 bridgehead atoms. The zero-order valence-electron chi connectivity index (χ0n) is 18.2. The molecule has 2 aliphatic heterocycles. The highest BCUT2D eigenvalue weighted by Crippen LogP contribution is 2.34. The lowest BCUT2D eigenvalue weighted by Crippen LogP contribution is -2.38. The van der Waals surface area contributed by atoms with E-state index in [0.717, 1.165) is 18.7 Å². The van der Waals surface area contributed by atoms with Gasteiger partial charge in [-0.15, -0.1) is 0 Å².